The van der Waals surface area contributed by atoms with Crippen LogP contribution in [0.3, 0.4) is 0 Å². The molecular formula is C16H18N2O3. The third kappa shape index (κ3) is 2.27. The molecule has 0 spiro atoms. The number of rotatable bonds is 2. The standard InChI is InChI=1S/C16H18N2O3/c19-16(18-10-9-17-7-5-12(18)6-8-17)15-4-3-14(21-15)13-2-1-11-20-13/h1-4,11-12H,5-10H2. The largest absolute Gasteiger partial charge is 0.461 e. The van der Waals surface area contributed by atoms with E-state index in [1.165, 1.54) is 0 Å². The molecule has 0 saturated carbocycles. The van der Waals surface area contributed by atoms with E-state index in [0.717, 1.165) is 39.0 Å². The molecule has 2 aromatic heterocycles. The fourth-order valence-corrected chi connectivity index (χ4v) is 3.30. The zero-order chi connectivity index (χ0) is 14.2. The lowest BCUT2D eigenvalue weighted by molar-refractivity contribution is 0.0653. The van der Waals surface area contributed by atoms with Crippen LogP contribution in [0.4, 0.5) is 0 Å². The maximum atomic E-state index is 12.7. The van der Waals surface area contributed by atoms with Gasteiger partial charge in [-0.2, -0.15) is 0 Å². The van der Waals surface area contributed by atoms with Crippen molar-refractivity contribution in [1.82, 2.24) is 9.80 Å². The lowest BCUT2D eigenvalue weighted by atomic mass is 10.1. The molecule has 5 nitrogen and oxygen atoms in total. The van der Waals surface area contributed by atoms with Crippen molar-refractivity contribution < 1.29 is 13.6 Å². The highest BCUT2D eigenvalue weighted by Crippen LogP contribution is 2.26. The molecule has 0 N–H and O–H groups in total. The maximum Gasteiger partial charge on any atom is 0.289 e. The summed E-state index contributed by atoms with van der Waals surface area (Å²) < 4.78 is 11.0. The Kier molecular flexibility index (Phi) is 3.07. The SMILES string of the molecule is O=C(c1ccc(-c2ccco2)o1)N1CCN2CCC1CC2. The Labute approximate surface area is 123 Å². The zero-order valence-corrected chi connectivity index (χ0v) is 11.8. The second-order valence-corrected chi connectivity index (χ2v) is 5.71. The first kappa shape index (κ1) is 12.7. The van der Waals surface area contributed by atoms with Gasteiger partial charge < -0.3 is 18.6 Å². The van der Waals surface area contributed by atoms with Gasteiger partial charge in [0.2, 0.25) is 0 Å². The first-order chi connectivity index (χ1) is 10.3. The van der Waals surface area contributed by atoms with Gasteiger partial charge >= 0.3 is 0 Å². The van der Waals surface area contributed by atoms with Gasteiger partial charge in [0.05, 0.1) is 6.26 Å². The van der Waals surface area contributed by atoms with Crippen LogP contribution in [-0.2, 0) is 0 Å². The Morgan fingerprint density at radius 3 is 2.67 bits per heavy atom. The van der Waals surface area contributed by atoms with Gasteiger partial charge in [-0.05, 0) is 37.1 Å². The van der Waals surface area contributed by atoms with E-state index in [1.54, 1.807) is 24.5 Å². The highest BCUT2D eigenvalue weighted by atomic mass is 16.4. The molecule has 2 aromatic rings. The van der Waals surface area contributed by atoms with E-state index in [4.69, 9.17) is 8.83 Å². The lowest BCUT2D eigenvalue weighted by Crippen LogP contribution is -2.41. The van der Waals surface area contributed by atoms with Crippen molar-refractivity contribution in [1.29, 1.82) is 0 Å². The van der Waals surface area contributed by atoms with Crippen molar-refractivity contribution in [3.05, 3.63) is 36.3 Å². The Morgan fingerprint density at radius 1 is 1.05 bits per heavy atom. The second-order valence-electron chi connectivity index (χ2n) is 5.71. The molecule has 3 saturated heterocycles. The molecule has 3 fully saturated rings. The Hall–Kier alpha value is -2.01. The van der Waals surface area contributed by atoms with Gasteiger partial charge in [-0.15, -0.1) is 0 Å². The molecule has 0 aliphatic carbocycles. The van der Waals surface area contributed by atoms with Crippen molar-refractivity contribution in [3.63, 3.8) is 0 Å². The first-order valence-corrected chi connectivity index (χ1v) is 7.48. The molecule has 5 heteroatoms. The third-order valence-electron chi connectivity index (χ3n) is 4.50. The van der Waals surface area contributed by atoms with Crippen LogP contribution in [0.2, 0.25) is 0 Å². The number of carbonyl (C=O) groups is 1. The molecule has 0 unspecified atom stereocenters. The molecule has 0 radical (unpaired) electrons. The number of hydrogen-bond donors (Lipinski definition) is 0. The summed E-state index contributed by atoms with van der Waals surface area (Å²) in [5.74, 6) is 1.66. The summed E-state index contributed by atoms with van der Waals surface area (Å²) in [6.45, 7) is 3.96. The predicted octanol–water partition coefficient (Wildman–Crippen LogP) is 2.46. The topological polar surface area (TPSA) is 49.8 Å². The van der Waals surface area contributed by atoms with Crippen LogP contribution >= 0.6 is 0 Å². The summed E-state index contributed by atoms with van der Waals surface area (Å²) in [6.07, 6.45) is 3.73. The van der Waals surface area contributed by atoms with Gasteiger partial charge in [0, 0.05) is 32.2 Å². The van der Waals surface area contributed by atoms with Crippen LogP contribution in [0.25, 0.3) is 11.5 Å². The highest BCUT2D eigenvalue weighted by Gasteiger charge is 2.33. The summed E-state index contributed by atoms with van der Waals surface area (Å²) >= 11 is 0. The van der Waals surface area contributed by atoms with E-state index in [0.29, 0.717) is 23.3 Å². The van der Waals surface area contributed by atoms with Crippen molar-refractivity contribution in [2.75, 3.05) is 26.2 Å². The van der Waals surface area contributed by atoms with Crippen LogP contribution in [0.15, 0.2) is 39.4 Å². The molecule has 5 heterocycles. The average molecular weight is 286 g/mol. The van der Waals surface area contributed by atoms with Gasteiger partial charge in [-0.25, -0.2) is 0 Å². The molecule has 3 aliphatic rings. The summed E-state index contributed by atoms with van der Waals surface area (Å²) in [7, 11) is 0. The molecule has 0 aromatic carbocycles. The maximum absolute atomic E-state index is 12.7. The van der Waals surface area contributed by atoms with Gasteiger partial charge in [0.1, 0.15) is 0 Å². The van der Waals surface area contributed by atoms with E-state index < -0.39 is 0 Å². The van der Waals surface area contributed by atoms with Crippen molar-refractivity contribution in [2.45, 2.75) is 18.9 Å². The number of furan rings is 2. The van der Waals surface area contributed by atoms with Crippen molar-refractivity contribution in [2.24, 2.45) is 0 Å². The van der Waals surface area contributed by atoms with E-state index in [2.05, 4.69) is 4.90 Å². The monoisotopic (exact) mass is 286 g/mol. The average Bonchev–Trinajstić information content (AvgIpc) is 3.12. The fraction of sp³-hybridized carbons (Fsp3) is 0.438. The van der Waals surface area contributed by atoms with Crippen LogP contribution in [0.1, 0.15) is 23.4 Å². The molecule has 1 amide bonds. The number of piperidine rings is 1. The minimum atomic E-state index is 0.00144. The van der Waals surface area contributed by atoms with E-state index >= 15 is 0 Å². The summed E-state index contributed by atoms with van der Waals surface area (Å²) in [6, 6.07) is 7.53. The molecule has 5 rings (SSSR count). The number of nitrogens with zero attached hydrogens (tertiary/aromatic N) is 2. The number of amides is 1. The molecule has 2 bridgehead atoms. The second kappa shape index (κ2) is 5.07. The van der Waals surface area contributed by atoms with E-state index in [9.17, 15) is 4.79 Å². The molecule has 3 aliphatic heterocycles. The molecule has 0 atom stereocenters. The van der Waals surface area contributed by atoms with Gasteiger partial charge in [0.15, 0.2) is 17.3 Å². The van der Waals surface area contributed by atoms with Crippen LogP contribution in [0, 0.1) is 0 Å². The van der Waals surface area contributed by atoms with Gasteiger partial charge in [0.25, 0.3) is 5.91 Å². The van der Waals surface area contributed by atoms with Gasteiger partial charge in [-0.1, -0.05) is 0 Å². The minimum Gasteiger partial charge on any atom is -0.461 e. The quantitative estimate of drug-likeness (QED) is 0.851. The summed E-state index contributed by atoms with van der Waals surface area (Å²) in [4.78, 5) is 17.1. The first-order valence-electron chi connectivity index (χ1n) is 7.48. The minimum absolute atomic E-state index is 0.00144. The number of carbonyl (C=O) groups excluding carboxylic acids is 1. The van der Waals surface area contributed by atoms with Crippen LogP contribution in [0.5, 0.6) is 0 Å². The smallest absolute Gasteiger partial charge is 0.289 e. The van der Waals surface area contributed by atoms with E-state index in [1.807, 2.05) is 11.0 Å². The summed E-state index contributed by atoms with van der Waals surface area (Å²) in [5.41, 5.74) is 0. The van der Waals surface area contributed by atoms with Crippen molar-refractivity contribution >= 4 is 5.91 Å². The fourth-order valence-electron chi connectivity index (χ4n) is 3.30. The Morgan fingerprint density at radius 2 is 1.90 bits per heavy atom. The number of hydrogen-bond acceptors (Lipinski definition) is 4. The van der Waals surface area contributed by atoms with E-state index in [-0.39, 0.29) is 5.91 Å². The highest BCUT2D eigenvalue weighted by molar-refractivity contribution is 5.92. The van der Waals surface area contributed by atoms with Gasteiger partial charge in [-0.3, -0.25) is 4.79 Å². The Bertz CT molecular complexity index is 624. The summed E-state index contributed by atoms with van der Waals surface area (Å²) in [5, 5.41) is 0. The molecular weight excluding hydrogens is 268 g/mol. The van der Waals surface area contributed by atoms with Crippen molar-refractivity contribution in [3.8, 4) is 11.5 Å². The van der Waals surface area contributed by atoms with Crippen LogP contribution < -0.4 is 0 Å². The lowest BCUT2D eigenvalue weighted by Gasteiger charge is -2.30. The third-order valence-corrected chi connectivity index (χ3v) is 4.50. The normalized spacial score (nSPS) is 25.0. The Balaban J connectivity index is 1.57. The predicted molar refractivity (Wildman–Crippen MR) is 76.9 cm³/mol. The molecule has 21 heavy (non-hydrogen) atoms. The van der Waals surface area contributed by atoms with Crippen LogP contribution in [-0.4, -0.2) is 47.9 Å². The number of fused-ring (bicyclic) bond motifs is 4. The zero-order valence-electron chi connectivity index (χ0n) is 11.8. The molecule has 110 valence electrons.